The van der Waals surface area contributed by atoms with Gasteiger partial charge in [-0.05, 0) is 42.8 Å². The zero-order valence-corrected chi connectivity index (χ0v) is 16.5. The molecule has 2 amide bonds. The second kappa shape index (κ2) is 9.34. The van der Waals surface area contributed by atoms with Crippen LogP contribution in [0.1, 0.15) is 33.0 Å². The highest BCUT2D eigenvalue weighted by molar-refractivity contribution is 6.05. The van der Waals surface area contributed by atoms with Crippen molar-refractivity contribution in [3.63, 3.8) is 0 Å². The van der Waals surface area contributed by atoms with Crippen LogP contribution < -0.4 is 10.6 Å². The highest BCUT2D eigenvalue weighted by atomic mass is 19.4. The molecule has 0 saturated heterocycles. The van der Waals surface area contributed by atoms with Gasteiger partial charge >= 0.3 is 6.18 Å². The van der Waals surface area contributed by atoms with Crippen LogP contribution in [0.2, 0.25) is 0 Å². The van der Waals surface area contributed by atoms with Gasteiger partial charge in [-0.3, -0.25) is 9.59 Å². The van der Waals surface area contributed by atoms with Crippen molar-refractivity contribution >= 4 is 17.9 Å². The highest BCUT2D eigenvalue weighted by Gasteiger charge is 2.32. The highest BCUT2D eigenvalue weighted by Crippen LogP contribution is 2.31. The average molecular weight is 428 g/mol. The summed E-state index contributed by atoms with van der Waals surface area (Å²) in [5.74, 6) is -0.387. The number of aryl methyl sites for hydroxylation is 1. The van der Waals surface area contributed by atoms with Crippen LogP contribution in [0.15, 0.2) is 76.8 Å². The van der Waals surface area contributed by atoms with E-state index in [-0.39, 0.29) is 17.8 Å². The first-order valence-corrected chi connectivity index (χ1v) is 9.32. The number of alkyl halides is 3. The minimum atomic E-state index is -4.55. The van der Waals surface area contributed by atoms with Gasteiger partial charge in [0.1, 0.15) is 17.2 Å². The third kappa shape index (κ3) is 5.85. The molecular weight excluding hydrogens is 409 g/mol. The number of carbonyl (C=O) groups is 2. The molecule has 0 unspecified atom stereocenters. The summed E-state index contributed by atoms with van der Waals surface area (Å²) in [7, 11) is 0. The molecule has 0 aliphatic heterocycles. The van der Waals surface area contributed by atoms with E-state index in [0.717, 1.165) is 6.07 Å². The molecule has 1 aromatic heterocycles. The van der Waals surface area contributed by atoms with E-state index in [1.165, 1.54) is 24.3 Å². The van der Waals surface area contributed by atoms with Gasteiger partial charge in [-0.15, -0.1) is 0 Å². The van der Waals surface area contributed by atoms with Crippen molar-refractivity contribution in [2.45, 2.75) is 19.6 Å². The molecule has 8 heteroatoms. The molecular formula is C23H19F3N2O3. The summed E-state index contributed by atoms with van der Waals surface area (Å²) in [6, 6.07) is 16.5. The van der Waals surface area contributed by atoms with E-state index in [4.69, 9.17) is 4.42 Å². The normalized spacial score (nSPS) is 11.8. The summed E-state index contributed by atoms with van der Waals surface area (Å²) < 4.78 is 45.0. The molecule has 2 aromatic carbocycles. The van der Waals surface area contributed by atoms with Crippen LogP contribution in [0.3, 0.4) is 0 Å². The molecule has 0 fully saturated rings. The number of nitrogens with one attached hydrogen (secondary N) is 2. The first-order valence-electron chi connectivity index (χ1n) is 9.32. The second-order valence-electron chi connectivity index (χ2n) is 6.66. The van der Waals surface area contributed by atoms with Crippen LogP contribution in [0.25, 0.3) is 6.08 Å². The van der Waals surface area contributed by atoms with E-state index < -0.39 is 23.6 Å². The lowest BCUT2D eigenvalue weighted by Crippen LogP contribution is -2.35. The number of carbonyl (C=O) groups excluding carboxylic acids is 2. The fourth-order valence-corrected chi connectivity index (χ4v) is 2.84. The predicted molar refractivity (Wildman–Crippen MR) is 109 cm³/mol. The van der Waals surface area contributed by atoms with Crippen molar-refractivity contribution in [3.05, 3.63) is 101 Å². The Morgan fingerprint density at radius 1 is 0.968 bits per heavy atom. The van der Waals surface area contributed by atoms with E-state index in [9.17, 15) is 22.8 Å². The monoisotopic (exact) mass is 428 g/mol. The number of hydrogen-bond acceptors (Lipinski definition) is 3. The fourth-order valence-electron chi connectivity index (χ4n) is 2.84. The number of halogens is 3. The van der Waals surface area contributed by atoms with E-state index >= 15 is 0 Å². The molecule has 0 spiro atoms. The summed E-state index contributed by atoms with van der Waals surface area (Å²) in [6.45, 7) is 1.35. The lowest BCUT2D eigenvalue weighted by atomic mass is 10.1. The Morgan fingerprint density at radius 2 is 1.65 bits per heavy atom. The van der Waals surface area contributed by atoms with Crippen LogP contribution in [-0.2, 0) is 17.5 Å². The third-order valence-electron chi connectivity index (χ3n) is 4.34. The zero-order valence-electron chi connectivity index (χ0n) is 16.5. The Bertz CT molecular complexity index is 1100. The van der Waals surface area contributed by atoms with Crippen molar-refractivity contribution in [1.29, 1.82) is 0 Å². The van der Waals surface area contributed by atoms with E-state index in [1.807, 2.05) is 0 Å². The smallest absolute Gasteiger partial charge is 0.416 e. The molecule has 3 rings (SSSR count). The summed E-state index contributed by atoms with van der Waals surface area (Å²) in [5, 5.41) is 4.93. The topological polar surface area (TPSA) is 71.3 Å². The number of hydrogen-bond donors (Lipinski definition) is 2. The van der Waals surface area contributed by atoms with Crippen molar-refractivity contribution in [3.8, 4) is 0 Å². The van der Waals surface area contributed by atoms with Gasteiger partial charge in [-0.2, -0.15) is 13.2 Å². The molecule has 31 heavy (non-hydrogen) atoms. The molecule has 3 aromatic rings. The Hall–Kier alpha value is -3.81. The summed E-state index contributed by atoms with van der Waals surface area (Å²) in [5.41, 5.74) is -0.770. The Labute approximate surface area is 176 Å². The van der Waals surface area contributed by atoms with Crippen LogP contribution in [0.4, 0.5) is 13.2 Å². The summed E-state index contributed by atoms with van der Waals surface area (Å²) >= 11 is 0. The van der Waals surface area contributed by atoms with Gasteiger partial charge in [-0.25, -0.2) is 0 Å². The van der Waals surface area contributed by atoms with E-state index in [2.05, 4.69) is 10.6 Å². The first kappa shape index (κ1) is 21.9. The minimum Gasteiger partial charge on any atom is -0.462 e. The Kier molecular flexibility index (Phi) is 6.59. The van der Waals surface area contributed by atoms with Gasteiger partial charge in [0.05, 0.1) is 5.56 Å². The van der Waals surface area contributed by atoms with Crippen LogP contribution in [0.5, 0.6) is 0 Å². The van der Waals surface area contributed by atoms with Gasteiger partial charge in [0, 0.05) is 18.2 Å². The Balaban J connectivity index is 1.82. The first-order chi connectivity index (χ1) is 14.7. The molecule has 2 N–H and O–H groups in total. The fraction of sp³-hybridized carbons (Fsp3) is 0.130. The maximum atomic E-state index is 13.2. The molecule has 160 valence electrons. The SMILES string of the molecule is Cc1ccc(/C=C(\NC(=O)c2ccccc2)C(=O)NCc2ccccc2C(F)(F)F)o1. The van der Waals surface area contributed by atoms with E-state index in [1.54, 1.807) is 49.4 Å². The van der Waals surface area contributed by atoms with Crippen LogP contribution in [0, 0.1) is 6.92 Å². The lowest BCUT2D eigenvalue weighted by Gasteiger charge is -2.14. The van der Waals surface area contributed by atoms with E-state index in [0.29, 0.717) is 17.1 Å². The second-order valence-corrected chi connectivity index (χ2v) is 6.66. The molecule has 0 atom stereocenters. The van der Waals surface area contributed by atoms with Crippen LogP contribution in [-0.4, -0.2) is 11.8 Å². The standard InChI is InChI=1S/C23H19F3N2O3/c1-15-11-12-18(31-15)13-20(28-21(29)16-7-3-2-4-8-16)22(30)27-14-17-9-5-6-10-19(17)23(24,25)26/h2-13H,14H2,1H3,(H,27,30)(H,28,29)/b20-13-. The van der Waals surface area contributed by atoms with Gasteiger partial charge in [0.25, 0.3) is 11.8 Å². The summed E-state index contributed by atoms with van der Waals surface area (Å²) in [4.78, 5) is 25.2. The maximum Gasteiger partial charge on any atom is 0.416 e. The zero-order chi connectivity index (χ0) is 22.4. The third-order valence-corrected chi connectivity index (χ3v) is 4.34. The Morgan fingerprint density at radius 3 is 2.29 bits per heavy atom. The molecule has 0 aliphatic rings. The molecule has 0 aliphatic carbocycles. The van der Waals surface area contributed by atoms with Gasteiger partial charge < -0.3 is 15.1 Å². The van der Waals surface area contributed by atoms with Crippen molar-refractivity contribution in [2.24, 2.45) is 0 Å². The van der Waals surface area contributed by atoms with Gasteiger partial charge in [0.15, 0.2) is 0 Å². The van der Waals surface area contributed by atoms with Crippen molar-refractivity contribution in [1.82, 2.24) is 10.6 Å². The average Bonchev–Trinajstić information content (AvgIpc) is 3.16. The summed E-state index contributed by atoms with van der Waals surface area (Å²) in [6.07, 6.45) is -3.23. The van der Waals surface area contributed by atoms with Crippen molar-refractivity contribution in [2.75, 3.05) is 0 Å². The van der Waals surface area contributed by atoms with Crippen LogP contribution >= 0.6 is 0 Å². The van der Waals surface area contributed by atoms with Crippen molar-refractivity contribution < 1.29 is 27.2 Å². The molecule has 0 radical (unpaired) electrons. The van der Waals surface area contributed by atoms with Gasteiger partial charge in [0.2, 0.25) is 0 Å². The lowest BCUT2D eigenvalue weighted by molar-refractivity contribution is -0.138. The molecule has 1 heterocycles. The molecule has 0 saturated carbocycles. The number of furan rings is 1. The number of amides is 2. The predicted octanol–water partition coefficient (Wildman–Crippen LogP) is 4.69. The molecule has 0 bridgehead atoms. The number of benzene rings is 2. The molecule has 5 nitrogen and oxygen atoms in total. The minimum absolute atomic E-state index is 0.0917. The largest absolute Gasteiger partial charge is 0.462 e. The number of rotatable bonds is 6. The maximum absolute atomic E-state index is 13.2. The quantitative estimate of drug-likeness (QED) is 0.560. The van der Waals surface area contributed by atoms with Gasteiger partial charge in [-0.1, -0.05) is 36.4 Å².